The molecule has 2 amide bonds. The lowest BCUT2D eigenvalue weighted by molar-refractivity contribution is -0.00878. The molecule has 1 atom stereocenters. The second kappa shape index (κ2) is 7.24. The predicted molar refractivity (Wildman–Crippen MR) is 101 cm³/mol. The molecule has 1 aromatic rings. The van der Waals surface area contributed by atoms with Gasteiger partial charge in [-0.3, -0.25) is 4.90 Å². The third-order valence-electron chi connectivity index (χ3n) is 5.59. The number of amides is 2. The number of nitrogens with zero attached hydrogens (tertiary/aromatic N) is 1. The van der Waals surface area contributed by atoms with E-state index in [4.69, 9.17) is 9.15 Å². The van der Waals surface area contributed by atoms with Gasteiger partial charge in [-0.25, -0.2) is 4.79 Å². The molecule has 1 aliphatic heterocycles. The average Bonchev–Trinajstić information content (AvgIpc) is 2.93. The number of rotatable bonds is 4. The Morgan fingerprint density at radius 3 is 2.73 bits per heavy atom. The third-order valence-corrected chi connectivity index (χ3v) is 5.59. The zero-order chi connectivity index (χ0) is 18.9. The van der Waals surface area contributed by atoms with Gasteiger partial charge >= 0.3 is 6.03 Å². The van der Waals surface area contributed by atoms with Gasteiger partial charge in [-0.2, -0.15) is 0 Å². The minimum Gasteiger partial charge on any atom is -0.466 e. The molecule has 2 N–H and O–H groups in total. The number of aryl methyl sites for hydroxylation is 1. The molecule has 2 heterocycles. The molecular formula is C20H33N3O3. The van der Waals surface area contributed by atoms with E-state index in [1.165, 1.54) is 0 Å². The molecule has 6 nitrogen and oxygen atoms in total. The van der Waals surface area contributed by atoms with Crippen LogP contribution < -0.4 is 10.6 Å². The average molecular weight is 364 g/mol. The molecule has 6 heteroatoms. The van der Waals surface area contributed by atoms with Crippen LogP contribution in [0.3, 0.4) is 0 Å². The van der Waals surface area contributed by atoms with Crippen LogP contribution in [0.15, 0.2) is 10.5 Å². The number of nitrogens with one attached hydrogen (secondary N) is 2. The van der Waals surface area contributed by atoms with Crippen LogP contribution in [0.4, 0.5) is 4.79 Å². The number of urea groups is 1. The highest BCUT2D eigenvalue weighted by atomic mass is 16.5. The highest BCUT2D eigenvalue weighted by Crippen LogP contribution is 2.41. The van der Waals surface area contributed by atoms with Gasteiger partial charge in [-0.15, -0.1) is 0 Å². The fourth-order valence-electron chi connectivity index (χ4n) is 4.10. The van der Waals surface area contributed by atoms with Crippen molar-refractivity contribution in [1.82, 2.24) is 15.5 Å². The summed E-state index contributed by atoms with van der Waals surface area (Å²) >= 11 is 0. The SMILES string of the molecule is Cc1cc2c(o1)CC(C)(C)CC2NC(=O)NCC(C)(C)N1CCOCC1. The normalized spacial score (nSPS) is 23.3. The highest BCUT2D eigenvalue weighted by Gasteiger charge is 2.36. The maximum atomic E-state index is 12.6. The Kier molecular flexibility index (Phi) is 5.35. The van der Waals surface area contributed by atoms with Crippen LogP contribution in [0, 0.1) is 12.3 Å². The van der Waals surface area contributed by atoms with E-state index in [0.717, 1.165) is 56.2 Å². The molecule has 146 valence electrons. The van der Waals surface area contributed by atoms with E-state index in [9.17, 15) is 4.79 Å². The molecule has 1 aliphatic carbocycles. The summed E-state index contributed by atoms with van der Waals surface area (Å²) in [6.07, 6.45) is 1.83. The van der Waals surface area contributed by atoms with E-state index in [2.05, 4.69) is 49.3 Å². The minimum atomic E-state index is -0.112. The summed E-state index contributed by atoms with van der Waals surface area (Å²) in [6, 6.07) is 1.95. The van der Waals surface area contributed by atoms with Crippen LogP contribution in [0.5, 0.6) is 0 Å². The van der Waals surface area contributed by atoms with Crippen LogP contribution in [0.25, 0.3) is 0 Å². The fraction of sp³-hybridized carbons (Fsp3) is 0.750. The molecular weight excluding hydrogens is 330 g/mol. The molecule has 1 saturated heterocycles. The van der Waals surface area contributed by atoms with Gasteiger partial charge in [0.2, 0.25) is 0 Å². The molecule has 1 unspecified atom stereocenters. The Balaban J connectivity index is 1.59. The largest absolute Gasteiger partial charge is 0.466 e. The van der Waals surface area contributed by atoms with E-state index < -0.39 is 0 Å². The maximum absolute atomic E-state index is 12.6. The number of furan rings is 1. The van der Waals surface area contributed by atoms with Gasteiger partial charge in [0.05, 0.1) is 19.3 Å². The second-order valence-electron chi connectivity index (χ2n) is 9.07. The molecule has 0 saturated carbocycles. The van der Waals surface area contributed by atoms with Crippen molar-refractivity contribution in [3.05, 3.63) is 23.2 Å². The van der Waals surface area contributed by atoms with Crippen molar-refractivity contribution in [2.75, 3.05) is 32.8 Å². The van der Waals surface area contributed by atoms with Gasteiger partial charge in [-0.1, -0.05) is 13.8 Å². The molecule has 3 rings (SSSR count). The zero-order valence-corrected chi connectivity index (χ0v) is 16.8. The van der Waals surface area contributed by atoms with E-state index >= 15 is 0 Å². The highest BCUT2D eigenvalue weighted by molar-refractivity contribution is 5.74. The maximum Gasteiger partial charge on any atom is 0.315 e. The van der Waals surface area contributed by atoms with Crippen LogP contribution in [0.2, 0.25) is 0 Å². The molecule has 1 fully saturated rings. The summed E-state index contributed by atoms with van der Waals surface area (Å²) in [4.78, 5) is 14.9. The molecule has 2 aliphatic rings. The number of carbonyl (C=O) groups is 1. The summed E-state index contributed by atoms with van der Waals surface area (Å²) in [7, 11) is 0. The fourth-order valence-corrected chi connectivity index (χ4v) is 4.10. The van der Waals surface area contributed by atoms with Gasteiger partial charge in [0.1, 0.15) is 11.5 Å². The van der Waals surface area contributed by atoms with Crippen LogP contribution in [0.1, 0.15) is 57.2 Å². The predicted octanol–water partition coefficient (Wildman–Crippen LogP) is 3.01. The summed E-state index contributed by atoms with van der Waals surface area (Å²) < 4.78 is 11.3. The van der Waals surface area contributed by atoms with Crippen molar-refractivity contribution < 1.29 is 13.9 Å². The van der Waals surface area contributed by atoms with Gasteiger partial charge in [0, 0.05) is 37.2 Å². The summed E-state index contributed by atoms with van der Waals surface area (Å²) in [5.41, 5.74) is 1.15. The van der Waals surface area contributed by atoms with Gasteiger partial charge < -0.3 is 19.8 Å². The van der Waals surface area contributed by atoms with Crippen molar-refractivity contribution in [2.45, 2.75) is 59.0 Å². The number of ether oxygens (including phenoxy) is 1. The van der Waals surface area contributed by atoms with E-state index in [1.54, 1.807) is 0 Å². The summed E-state index contributed by atoms with van der Waals surface area (Å²) in [6.45, 7) is 14.7. The van der Waals surface area contributed by atoms with Gasteiger partial charge in [0.25, 0.3) is 0 Å². The first kappa shape index (κ1) is 19.2. The first-order valence-corrected chi connectivity index (χ1v) is 9.63. The molecule has 0 bridgehead atoms. The Morgan fingerprint density at radius 1 is 1.35 bits per heavy atom. The molecule has 26 heavy (non-hydrogen) atoms. The van der Waals surface area contributed by atoms with E-state index in [1.807, 2.05) is 6.92 Å². The molecule has 1 aromatic heterocycles. The number of hydrogen-bond acceptors (Lipinski definition) is 4. The smallest absolute Gasteiger partial charge is 0.315 e. The van der Waals surface area contributed by atoms with Crippen LogP contribution in [-0.4, -0.2) is 49.3 Å². The second-order valence-corrected chi connectivity index (χ2v) is 9.07. The third kappa shape index (κ3) is 4.41. The minimum absolute atomic E-state index is 0.00213. The summed E-state index contributed by atoms with van der Waals surface area (Å²) in [5.74, 6) is 1.92. The lowest BCUT2D eigenvalue weighted by Crippen LogP contribution is -2.56. The van der Waals surface area contributed by atoms with Crippen LogP contribution >= 0.6 is 0 Å². The first-order chi connectivity index (χ1) is 12.2. The Bertz CT molecular complexity index is 645. The van der Waals surface area contributed by atoms with E-state index in [0.29, 0.717) is 6.54 Å². The zero-order valence-electron chi connectivity index (χ0n) is 16.8. The van der Waals surface area contributed by atoms with Crippen molar-refractivity contribution >= 4 is 6.03 Å². The Morgan fingerprint density at radius 2 is 2.04 bits per heavy atom. The molecule has 0 spiro atoms. The van der Waals surface area contributed by atoms with Crippen molar-refractivity contribution in [2.24, 2.45) is 5.41 Å². The van der Waals surface area contributed by atoms with Gasteiger partial charge in [0.15, 0.2) is 0 Å². The number of carbonyl (C=O) groups excluding carboxylic acids is 1. The number of morpholine rings is 1. The number of fused-ring (bicyclic) bond motifs is 1. The summed E-state index contributed by atoms with van der Waals surface area (Å²) in [5, 5.41) is 6.24. The quantitative estimate of drug-likeness (QED) is 0.863. The monoisotopic (exact) mass is 363 g/mol. The lowest BCUT2D eigenvalue weighted by Gasteiger charge is -2.41. The number of hydrogen-bond donors (Lipinski definition) is 2. The Hall–Kier alpha value is -1.53. The molecule has 0 aromatic carbocycles. The van der Waals surface area contributed by atoms with Crippen molar-refractivity contribution in [3.8, 4) is 0 Å². The first-order valence-electron chi connectivity index (χ1n) is 9.63. The van der Waals surface area contributed by atoms with E-state index in [-0.39, 0.29) is 23.0 Å². The topological polar surface area (TPSA) is 66.7 Å². The Labute approximate surface area is 156 Å². The van der Waals surface area contributed by atoms with Gasteiger partial charge in [-0.05, 0) is 38.7 Å². The lowest BCUT2D eigenvalue weighted by atomic mass is 9.75. The van der Waals surface area contributed by atoms with Crippen LogP contribution in [-0.2, 0) is 11.2 Å². The van der Waals surface area contributed by atoms with Crippen molar-refractivity contribution in [3.63, 3.8) is 0 Å². The standard InChI is InChI=1S/C20H33N3O3/c1-14-10-15-16(11-19(2,3)12-17(15)26-14)22-18(24)21-13-20(4,5)23-6-8-25-9-7-23/h10,16H,6-9,11-13H2,1-5H3,(H2,21,22,24). The van der Waals surface area contributed by atoms with Crippen molar-refractivity contribution in [1.29, 1.82) is 0 Å². The molecule has 0 radical (unpaired) electrons.